The fourth-order valence-electron chi connectivity index (χ4n) is 3.48. The van der Waals surface area contributed by atoms with E-state index in [4.69, 9.17) is 11.6 Å². The van der Waals surface area contributed by atoms with E-state index in [2.05, 4.69) is 61.1 Å². The molecule has 0 bridgehead atoms. The molecule has 5 nitrogen and oxygen atoms in total. The summed E-state index contributed by atoms with van der Waals surface area (Å²) in [5, 5.41) is 8.14. The predicted octanol–water partition coefficient (Wildman–Crippen LogP) is 7.80. The molecule has 0 saturated carbocycles. The Morgan fingerprint density at radius 3 is 2.39 bits per heavy atom. The van der Waals surface area contributed by atoms with E-state index in [1.54, 1.807) is 4.68 Å². The van der Waals surface area contributed by atoms with Gasteiger partial charge in [0, 0.05) is 25.2 Å². The number of carbonyl (C=O) groups excluding carboxylic acids is 1. The molecule has 0 spiro atoms. The summed E-state index contributed by atoms with van der Waals surface area (Å²) in [4.78, 5) is 17.8. The molecule has 0 fully saturated rings. The molecule has 0 aliphatic heterocycles. The predicted molar refractivity (Wildman–Crippen MR) is 140 cm³/mol. The van der Waals surface area contributed by atoms with Gasteiger partial charge < -0.3 is 5.32 Å². The lowest BCUT2D eigenvalue weighted by molar-refractivity contribution is 0.101. The molecule has 1 N–H and O–H groups in total. The van der Waals surface area contributed by atoms with Crippen LogP contribution in [0.3, 0.4) is 0 Å². The van der Waals surface area contributed by atoms with E-state index >= 15 is 0 Å². The molecule has 1 amide bonds. The smallest absolute Gasteiger partial charge is 0.295 e. The average Bonchev–Trinajstić information content (AvgIpc) is 3.22. The molecule has 0 atom stereocenters. The molecule has 1 aromatic heterocycles. The van der Waals surface area contributed by atoms with Crippen LogP contribution in [-0.4, -0.2) is 20.7 Å². The van der Waals surface area contributed by atoms with E-state index < -0.39 is 0 Å². The number of aromatic nitrogens is 3. The number of aryl methyl sites for hydroxylation is 1. The van der Waals surface area contributed by atoms with Crippen LogP contribution >= 0.6 is 43.5 Å². The summed E-state index contributed by atoms with van der Waals surface area (Å²) < 4.78 is 3.58. The highest BCUT2D eigenvalue weighted by atomic mass is 79.9. The van der Waals surface area contributed by atoms with Crippen LogP contribution in [-0.2, 0) is 0 Å². The van der Waals surface area contributed by atoms with Crippen molar-refractivity contribution in [3.63, 3.8) is 0 Å². The van der Waals surface area contributed by atoms with Gasteiger partial charge in [-0.2, -0.15) is 0 Å². The molecule has 0 aliphatic carbocycles. The van der Waals surface area contributed by atoms with Crippen LogP contribution in [0.2, 0.25) is 5.02 Å². The van der Waals surface area contributed by atoms with Gasteiger partial charge in [-0.15, -0.1) is 5.10 Å². The minimum atomic E-state index is -0.379. The molecule has 1 heterocycles. The summed E-state index contributed by atoms with van der Waals surface area (Å²) in [5.74, 6) is 0.481. The lowest BCUT2D eigenvalue weighted by Gasteiger charge is -2.13. The van der Waals surface area contributed by atoms with Gasteiger partial charge in [0.25, 0.3) is 5.91 Å². The minimum absolute atomic E-state index is 0.0740. The third kappa shape index (κ3) is 5.21. The van der Waals surface area contributed by atoms with Crippen LogP contribution in [0, 0.1) is 6.92 Å². The fraction of sp³-hybridized carbons (Fsp3) is 0.160. The second-order valence-electron chi connectivity index (χ2n) is 7.95. The van der Waals surface area contributed by atoms with Gasteiger partial charge in [0.2, 0.25) is 5.82 Å². The third-order valence-electron chi connectivity index (χ3n) is 5.20. The first-order valence-electron chi connectivity index (χ1n) is 10.3. The Morgan fingerprint density at radius 2 is 1.70 bits per heavy atom. The van der Waals surface area contributed by atoms with Crippen LogP contribution in [0.15, 0.2) is 69.6 Å². The maximum Gasteiger partial charge on any atom is 0.295 e. The summed E-state index contributed by atoms with van der Waals surface area (Å²) in [6, 6.07) is 19.1. The zero-order valence-corrected chi connectivity index (χ0v) is 22.2. The van der Waals surface area contributed by atoms with Crippen molar-refractivity contribution in [2.75, 3.05) is 5.32 Å². The highest BCUT2D eigenvalue weighted by Crippen LogP contribution is 2.29. The largest absolute Gasteiger partial charge is 0.319 e. The summed E-state index contributed by atoms with van der Waals surface area (Å²) in [7, 11) is 0. The molecule has 0 aliphatic rings. The van der Waals surface area contributed by atoms with E-state index in [0.717, 1.165) is 37.0 Å². The van der Waals surface area contributed by atoms with Crippen LogP contribution in [0.5, 0.6) is 0 Å². The maximum absolute atomic E-state index is 13.2. The number of nitrogens with one attached hydrogen (secondary N) is 1. The van der Waals surface area contributed by atoms with Crippen LogP contribution in [0.4, 0.5) is 5.69 Å². The summed E-state index contributed by atoms with van der Waals surface area (Å²) >= 11 is 13.2. The minimum Gasteiger partial charge on any atom is -0.319 e. The molecule has 0 unspecified atom stereocenters. The monoisotopic (exact) mass is 586 g/mol. The first kappa shape index (κ1) is 23.7. The van der Waals surface area contributed by atoms with Crippen molar-refractivity contribution in [1.82, 2.24) is 14.8 Å². The molecule has 3 aromatic carbocycles. The first-order valence-corrected chi connectivity index (χ1v) is 12.3. The number of carbonyl (C=O) groups is 1. The van der Waals surface area contributed by atoms with E-state index in [1.807, 2.05) is 67.6 Å². The molecule has 0 saturated heterocycles. The third-order valence-corrected chi connectivity index (χ3v) is 6.45. The van der Waals surface area contributed by atoms with Gasteiger partial charge >= 0.3 is 0 Å². The van der Waals surface area contributed by atoms with Gasteiger partial charge in [0.1, 0.15) is 0 Å². The Kier molecular flexibility index (Phi) is 7.02. The number of anilines is 1. The van der Waals surface area contributed by atoms with Crippen LogP contribution in [0.25, 0.3) is 17.1 Å². The second kappa shape index (κ2) is 9.79. The van der Waals surface area contributed by atoms with Crippen molar-refractivity contribution in [2.45, 2.75) is 26.7 Å². The van der Waals surface area contributed by atoms with Crippen molar-refractivity contribution in [3.8, 4) is 17.1 Å². The summed E-state index contributed by atoms with van der Waals surface area (Å²) in [6.45, 7) is 6.13. The standard InChI is InChI=1S/C25H21Br2ClN4O/c1-14(2)20-12-18(27)9-11-21(20)29-25(33)23-30-24(16-5-7-17(26)8-6-16)32(31-23)22-13-19(28)10-4-15(22)3/h4-14H,1-3H3,(H,29,33). The normalized spacial score (nSPS) is 11.1. The lowest BCUT2D eigenvalue weighted by atomic mass is 10.0. The van der Waals surface area contributed by atoms with Crippen LogP contribution < -0.4 is 5.32 Å². The molecule has 8 heteroatoms. The maximum atomic E-state index is 13.2. The molecular formula is C25H21Br2ClN4O. The number of rotatable bonds is 5. The first-order chi connectivity index (χ1) is 15.7. The summed E-state index contributed by atoms with van der Waals surface area (Å²) in [5.41, 5.74) is 4.31. The Morgan fingerprint density at radius 1 is 1.00 bits per heavy atom. The van der Waals surface area contributed by atoms with E-state index in [9.17, 15) is 4.79 Å². The SMILES string of the molecule is Cc1ccc(Cl)cc1-n1nc(C(=O)Nc2ccc(Br)cc2C(C)C)nc1-c1ccc(Br)cc1. The molecule has 168 valence electrons. The Hall–Kier alpha value is -2.48. The Bertz CT molecular complexity index is 1330. The number of amides is 1. The Labute approximate surface area is 214 Å². The van der Waals surface area contributed by atoms with Gasteiger partial charge in [-0.3, -0.25) is 4.79 Å². The number of hydrogen-bond donors (Lipinski definition) is 1. The van der Waals surface area contributed by atoms with Gasteiger partial charge in [0.05, 0.1) is 5.69 Å². The van der Waals surface area contributed by atoms with Crippen molar-refractivity contribution in [3.05, 3.63) is 91.6 Å². The van der Waals surface area contributed by atoms with E-state index in [1.165, 1.54) is 0 Å². The van der Waals surface area contributed by atoms with E-state index in [-0.39, 0.29) is 17.6 Å². The van der Waals surface area contributed by atoms with Gasteiger partial charge in [0.15, 0.2) is 5.82 Å². The van der Waals surface area contributed by atoms with Crippen molar-refractivity contribution in [2.24, 2.45) is 0 Å². The van der Waals surface area contributed by atoms with Gasteiger partial charge in [-0.1, -0.05) is 75.5 Å². The number of nitrogens with zero attached hydrogens (tertiary/aromatic N) is 3. The quantitative estimate of drug-likeness (QED) is 0.259. The van der Waals surface area contributed by atoms with Gasteiger partial charge in [-0.25, -0.2) is 9.67 Å². The van der Waals surface area contributed by atoms with Crippen molar-refractivity contribution < 1.29 is 4.79 Å². The average molecular weight is 589 g/mol. The highest BCUT2D eigenvalue weighted by Gasteiger charge is 2.21. The van der Waals surface area contributed by atoms with Crippen molar-refractivity contribution in [1.29, 1.82) is 0 Å². The lowest BCUT2D eigenvalue weighted by Crippen LogP contribution is -2.16. The van der Waals surface area contributed by atoms with Gasteiger partial charge in [-0.05, 0) is 66.4 Å². The summed E-state index contributed by atoms with van der Waals surface area (Å²) in [6.07, 6.45) is 0. The second-order valence-corrected chi connectivity index (χ2v) is 10.2. The zero-order chi connectivity index (χ0) is 23.7. The molecule has 4 aromatic rings. The van der Waals surface area contributed by atoms with E-state index in [0.29, 0.717) is 10.8 Å². The highest BCUT2D eigenvalue weighted by molar-refractivity contribution is 9.10. The van der Waals surface area contributed by atoms with Crippen LogP contribution in [0.1, 0.15) is 41.5 Å². The molecule has 0 radical (unpaired) electrons. The molecule has 4 rings (SSSR count). The number of benzene rings is 3. The van der Waals surface area contributed by atoms with Crippen molar-refractivity contribution >= 4 is 55.1 Å². The zero-order valence-electron chi connectivity index (χ0n) is 18.2. The topological polar surface area (TPSA) is 59.8 Å². The number of hydrogen-bond acceptors (Lipinski definition) is 3. The Balaban J connectivity index is 1.79. The molecular weight excluding hydrogens is 568 g/mol. The number of halogens is 3. The molecule has 33 heavy (non-hydrogen) atoms. The fourth-order valence-corrected chi connectivity index (χ4v) is 4.29.